The molecule has 2 aliphatic rings. The molecule has 5 rings (SSSR count). The summed E-state index contributed by atoms with van der Waals surface area (Å²) in [6.45, 7) is 1.27. The van der Waals surface area contributed by atoms with Crippen LogP contribution in [0.4, 0.5) is 0 Å². The Kier molecular flexibility index (Phi) is 5.91. The molecule has 0 radical (unpaired) electrons. The Morgan fingerprint density at radius 3 is 2.52 bits per heavy atom. The first-order valence-corrected chi connectivity index (χ1v) is 13.4. The van der Waals surface area contributed by atoms with Gasteiger partial charge < -0.3 is 4.90 Å². The van der Waals surface area contributed by atoms with Crippen molar-refractivity contribution in [1.29, 1.82) is 5.26 Å². The van der Waals surface area contributed by atoms with Crippen LogP contribution in [0.3, 0.4) is 0 Å². The molecule has 1 unspecified atom stereocenters. The van der Waals surface area contributed by atoms with Gasteiger partial charge in [-0.3, -0.25) is 4.79 Å². The molecule has 1 amide bonds. The van der Waals surface area contributed by atoms with E-state index < -0.39 is 10.0 Å². The standard InChI is InChI=1S/C24H24N4O3S2/c25-16-18-6-1-4-10-22(18)33(30,31)27-14-11-17(12-15-27)24(29)28-13-5-8-20(28)23-26-19-7-2-3-9-21(19)32-23/h1-4,6-7,9-10,17,20H,5,8,11-15H2. The third-order valence-corrected chi connectivity index (χ3v) is 9.65. The predicted molar refractivity (Wildman–Crippen MR) is 126 cm³/mol. The highest BCUT2D eigenvalue weighted by Crippen LogP contribution is 2.38. The first-order valence-electron chi connectivity index (χ1n) is 11.1. The van der Waals surface area contributed by atoms with Crippen molar-refractivity contribution in [2.75, 3.05) is 19.6 Å². The number of hydrogen-bond acceptors (Lipinski definition) is 6. The molecule has 1 aromatic heterocycles. The summed E-state index contributed by atoms with van der Waals surface area (Å²) in [6, 6.07) is 16.2. The number of piperidine rings is 1. The number of hydrogen-bond donors (Lipinski definition) is 0. The quantitative estimate of drug-likeness (QED) is 0.564. The second kappa shape index (κ2) is 8.86. The molecule has 0 saturated carbocycles. The molecular formula is C24H24N4O3S2. The maximum atomic E-state index is 13.4. The van der Waals surface area contributed by atoms with Crippen LogP contribution in [-0.2, 0) is 14.8 Å². The van der Waals surface area contributed by atoms with E-state index in [1.165, 1.54) is 16.4 Å². The summed E-state index contributed by atoms with van der Waals surface area (Å²) in [4.78, 5) is 20.2. The van der Waals surface area contributed by atoms with E-state index in [1.807, 2.05) is 29.2 Å². The van der Waals surface area contributed by atoms with E-state index in [2.05, 4.69) is 6.07 Å². The van der Waals surface area contributed by atoms with Gasteiger partial charge in [0.1, 0.15) is 11.1 Å². The fraction of sp³-hybridized carbons (Fsp3) is 0.375. The Labute approximate surface area is 197 Å². The van der Waals surface area contributed by atoms with Gasteiger partial charge in [-0.05, 0) is 49.9 Å². The molecule has 0 spiro atoms. The smallest absolute Gasteiger partial charge is 0.244 e. The third-order valence-electron chi connectivity index (χ3n) is 6.56. The highest BCUT2D eigenvalue weighted by molar-refractivity contribution is 7.89. The number of aromatic nitrogens is 1. The molecule has 170 valence electrons. The Morgan fingerprint density at radius 2 is 1.76 bits per heavy atom. The van der Waals surface area contributed by atoms with Gasteiger partial charge in [-0.15, -0.1) is 11.3 Å². The number of amides is 1. The van der Waals surface area contributed by atoms with Gasteiger partial charge in [-0.25, -0.2) is 13.4 Å². The third kappa shape index (κ3) is 4.03. The summed E-state index contributed by atoms with van der Waals surface area (Å²) in [6.07, 6.45) is 2.82. The second-order valence-corrected chi connectivity index (χ2v) is 11.5. The molecule has 0 aliphatic carbocycles. The maximum absolute atomic E-state index is 13.4. The minimum Gasteiger partial charge on any atom is -0.333 e. The normalized spacial score (nSPS) is 20.2. The van der Waals surface area contributed by atoms with Crippen molar-refractivity contribution in [3.63, 3.8) is 0 Å². The monoisotopic (exact) mass is 480 g/mol. The molecule has 2 fully saturated rings. The van der Waals surface area contributed by atoms with Crippen molar-refractivity contribution in [3.05, 3.63) is 59.1 Å². The Hall–Kier alpha value is -2.80. The van der Waals surface area contributed by atoms with Gasteiger partial charge in [-0.1, -0.05) is 24.3 Å². The van der Waals surface area contributed by atoms with Gasteiger partial charge >= 0.3 is 0 Å². The molecule has 3 heterocycles. The fourth-order valence-electron chi connectivity index (χ4n) is 4.82. The van der Waals surface area contributed by atoms with Crippen molar-refractivity contribution in [1.82, 2.24) is 14.2 Å². The average Bonchev–Trinajstić information content (AvgIpc) is 3.50. The van der Waals surface area contributed by atoms with Gasteiger partial charge in [0.15, 0.2) is 0 Å². The van der Waals surface area contributed by atoms with Gasteiger partial charge in [0.2, 0.25) is 15.9 Å². The van der Waals surface area contributed by atoms with E-state index in [0.29, 0.717) is 19.4 Å². The van der Waals surface area contributed by atoms with Gasteiger partial charge in [0, 0.05) is 25.6 Å². The van der Waals surface area contributed by atoms with E-state index in [-0.39, 0.29) is 41.4 Å². The topological polar surface area (TPSA) is 94.4 Å². The highest BCUT2D eigenvalue weighted by Gasteiger charge is 2.39. The number of carbonyl (C=O) groups is 1. The first-order chi connectivity index (χ1) is 16.0. The number of para-hydroxylation sites is 1. The number of nitrogens with zero attached hydrogens (tertiary/aromatic N) is 4. The fourth-order valence-corrected chi connectivity index (χ4v) is 7.55. The number of thiazole rings is 1. The Morgan fingerprint density at radius 1 is 1.03 bits per heavy atom. The average molecular weight is 481 g/mol. The molecule has 1 atom stereocenters. The van der Waals surface area contributed by atoms with E-state index >= 15 is 0 Å². The predicted octanol–water partition coefficient (Wildman–Crippen LogP) is 3.93. The van der Waals surface area contributed by atoms with Crippen molar-refractivity contribution >= 4 is 37.5 Å². The zero-order chi connectivity index (χ0) is 23.0. The van der Waals surface area contributed by atoms with Gasteiger partial charge in [-0.2, -0.15) is 9.57 Å². The lowest BCUT2D eigenvalue weighted by molar-refractivity contribution is -0.137. The number of nitriles is 1. The number of carbonyl (C=O) groups excluding carboxylic acids is 1. The van der Waals surface area contributed by atoms with Crippen molar-refractivity contribution in [3.8, 4) is 6.07 Å². The summed E-state index contributed by atoms with van der Waals surface area (Å²) in [5.41, 5.74) is 1.11. The van der Waals surface area contributed by atoms with Gasteiger partial charge in [0.05, 0.1) is 26.7 Å². The van der Waals surface area contributed by atoms with Crippen LogP contribution in [0.2, 0.25) is 0 Å². The zero-order valence-corrected chi connectivity index (χ0v) is 19.7. The van der Waals surface area contributed by atoms with Crippen LogP contribution in [-0.4, -0.2) is 48.1 Å². The van der Waals surface area contributed by atoms with Crippen LogP contribution >= 0.6 is 11.3 Å². The van der Waals surface area contributed by atoms with Crippen molar-refractivity contribution in [2.45, 2.75) is 36.6 Å². The molecule has 0 N–H and O–H groups in total. The first kappa shape index (κ1) is 22.0. The Balaban J connectivity index is 1.29. The van der Waals surface area contributed by atoms with Gasteiger partial charge in [0.25, 0.3) is 0 Å². The lowest BCUT2D eigenvalue weighted by atomic mass is 9.96. The van der Waals surface area contributed by atoms with Crippen LogP contribution in [0.1, 0.15) is 42.3 Å². The maximum Gasteiger partial charge on any atom is 0.244 e. The number of sulfonamides is 1. The molecule has 2 saturated heterocycles. The molecule has 0 bridgehead atoms. The summed E-state index contributed by atoms with van der Waals surface area (Å²) >= 11 is 1.65. The van der Waals surface area contributed by atoms with E-state index in [1.54, 1.807) is 23.5 Å². The largest absolute Gasteiger partial charge is 0.333 e. The van der Waals surface area contributed by atoms with Crippen molar-refractivity contribution < 1.29 is 13.2 Å². The summed E-state index contributed by atoms with van der Waals surface area (Å²) in [5, 5.41) is 10.3. The molecule has 3 aromatic rings. The number of benzene rings is 2. The SMILES string of the molecule is N#Cc1ccccc1S(=O)(=O)N1CCC(C(=O)N2CCCC2c2nc3ccccc3s2)CC1. The summed E-state index contributed by atoms with van der Waals surface area (Å²) < 4.78 is 28.7. The minimum atomic E-state index is -3.76. The number of rotatable bonds is 4. The van der Waals surface area contributed by atoms with Crippen LogP contribution in [0.5, 0.6) is 0 Å². The highest BCUT2D eigenvalue weighted by atomic mass is 32.2. The lowest BCUT2D eigenvalue weighted by Crippen LogP contribution is -2.44. The number of likely N-dealkylation sites (tertiary alicyclic amines) is 1. The summed E-state index contributed by atoms with van der Waals surface area (Å²) in [7, 11) is -3.76. The lowest BCUT2D eigenvalue weighted by Gasteiger charge is -2.34. The Bertz CT molecular complexity index is 1300. The molecule has 7 nitrogen and oxygen atoms in total. The van der Waals surface area contributed by atoms with Crippen LogP contribution in [0.25, 0.3) is 10.2 Å². The molecular weight excluding hydrogens is 456 g/mol. The van der Waals surface area contributed by atoms with Crippen LogP contribution in [0, 0.1) is 17.2 Å². The molecule has 9 heteroatoms. The van der Waals surface area contributed by atoms with E-state index in [4.69, 9.17) is 4.98 Å². The molecule has 2 aliphatic heterocycles. The zero-order valence-electron chi connectivity index (χ0n) is 18.1. The van der Waals surface area contributed by atoms with E-state index in [0.717, 1.165) is 28.1 Å². The van der Waals surface area contributed by atoms with Crippen LogP contribution < -0.4 is 0 Å². The summed E-state index contributed by atoms with van der Waals surface area (Å²) in [5.74, 6) is -0.0936. The van der Waals surface area contributed by atoms with Crippen LogP contribution in [0.15, 0.2) is 53.4 Å². The molecule has 2 aromatic carbocycles. The number of fused-ring (bicyclic) bond motifs is 1. The van der Waals surface area contributed by atoms with E-state index in [9.17, 15) is 18.5 Å². The van der Waals surface area contributed by atoms with Crippen molar-refractivity contribution in [2.24, 2.45) is 5.92 Å². The molecule has 33 heavy (non-hydrogen) atoms. The minimum absolute atomic E-state index is 0.000771. The second-order valence-electron chi connectivity index (χ2n) is 8.50.